The van der Waals surface area contributed by atoms with Crippen molar-refractivity contribution in [1.29, 1.82) is 0 Å². The Morgan fingerprint density at radius 1 is 1.35 bits per heavy atom. The van der Waals surface area contributed by atoms with Crippen LogP contribution in [0.15, 0.2) is 58.7 Å². The molecule has 3 atom stereocenters. The highest BCUT2D eigenvalue weighted by Gasteiger charge is 2.55. The standard InChI is InChI=1S/C23H19N5O7S2/c1-3-10-8-36-19-15(26-17(29)14(27-33-2)13-9-37-23(24)25-13)18(30)28(19)16(10)21(32)35-22-12-7-5-4-6-11(12)20(31)34-22/h3-7,9,15,19,22H,1,8H2,2H3,(H2,24,25)(H,26,29)/t15?,19-,22?/m1/s1. The number of amides is 2. The lowest BCUT2D eigenvalue weighted by Gasteiger charge is -2.49. The second-order valence-electron chi connectivity index (χ2n) is 7.86. The number of carbonyl (C=O) groups excluding carboxylic acids is 4. The van der Waals surface area contributed by atoms with Crippen molar-refractivity contribution in [2.75, 3.05) is 18.6 Å². The summed E-state index contributed by atoms with van der Waals surface area (Å²) in [7, 11) is 1.27. The molecule has 14 heteroatoms. The summed E-state index contributed by atoms with van der Waals surface area (Å²) >= 11 is 2.46. The SMILES string of the molecule is C=CC1=C(C(=O)OC2OC(=O)c3ccccc32)N2C(=O)C(NC(=O)C(=NOC)c3csc(N)n3)[C@H]2SC1. The van der Waals surface area contributed by atoms with Crippen LogP contribution >= 0.6 is 23.1 Å². The smallest absolute Gasteiger partial charge is 0.358 e. The Morgan fingerprint density at radius 3 is 2.84 bits per heavy atom. The molecule has 0 radical (unpaired) electrons. The molecule has 37 heavy (non-hydrogen) atoms. The zero-order chi connectivity index (χ0) is 26.3. The minimum atomic E-state index is -1.24. The third-order valence-corrected chi connectivity index (χ3v) is 7.73. The monoisotopic (exact) mass is 541 g/mol. The number of nitrogens with zero attached hydrogens (tertiary/aromatic N) is 3. The zero-order valence-corrected chi connectivity index (χ0v) is 20.8. The molecule has 1 aromatic carbocycles. The van der Waals surface area contributed by atoms with E-state index in [1.165, 1.54) is 35.2 Å². The van der Waals surface area contributed by atoms with Gasteiger partial charge in [0, 0.05) is 16.7 Å². The second kappa shape index (κ2) is 9.71. The van der Waals surface area contributed by atoms with Crippen molar-refractivity contribution in [3.8, 4) is 0 Å². The van der Waals surface area contributed by atoms with Crippen LogP contribution in [-0.4, -0.2) is 63.6 Å². The highest BCUT2D eigenvalue weighted by molar-refractivity contribution is 8.00. The molecular formula is C23H19N5O7S2. The Morgan fingerprint density at radius 2 is 2.14 bits per heavy atom. The van der Waals surface area contributed by atoms with E-state index >= 15 is 0 Å². The maximum atomic E-state index is 13.2. The predicted molar refractivity (Wildman–Crippen MR) is 133 cm³/mol. The summed E-state index contributed by atoms with van der Waals surface area (Å²) in [6, 6.07) is 5.60. The van der Waals surface area contributed by atoms with E-state index in [1.807, 2.05) is 0 Å². The number of thioether (sulfide) groups is 1. The molecule has 2 aromatic rings. The van der Waals surface area contributed by atoms with Gasteiger partial charge in [0.15, 0.2) is 10.8 Å². The molecule has 4 heterocycles. The lowest BCUT2D eigenvalue weighted by molar-refractivity contribution is -0.168. The van der Waals surface area contributed by atoms with Gasteiger partial charge in [-0.15, -0.1) is 23.1 Å². The summed E-state index contributed by atoms with van der Waals surface area (Å²) in [5.74, 6) is -2.36. The number of esters is 2. The van der Waals surface area contributed by atoms with Gasteiger partial charge in [0.25, 0.3) is 18.1 Å². The fourth-order valence-electron chi connectivity index (χ4n) is 4.04. The number of rotatable bonds is 7. The van der Waals surface area contributed by atoms with Crippen LogP contribution in [-0.2, 0) is 28.7 Å². The fraction of sp³-hybridized carbons (Fsp3) is 0.217. The molecule has 0 aliphatic carbocycles. The summed E-state index contributed by atoms with van der Waals surface area (Å²) in [5, 5.41) is 7.54. The minimum Gasteiger partial charge on any atom is -0.417 e. The number of nitrogens with two attached hydrogens (primary N) is 1. The molecule has 3 N–H and O–H groups in total. The predicted octanol–water partition coefficient (Wildman–Crippen LogP) is 1.33. The molecule has 3 aliphatic heterocycles. The van der Waals surface area contributed by atoms with E-state index in [0.29, 0.717) is 22.5 Å². The van der Waals surface area contributed by atoms with Crippen LogP contribution in [0.4, 0.5) is 5.13 Å². The number of fused-ring (bicyclic) bond motifs is 2. The zero-order valence-electron chi connectivity index (χ0n) is 19.2. The number of aromatic nitrogens is 1. The first-order valence-electron chi connectivity index (χ1n) is 10.8. The highest BCUT2D eigenvalue weighted by atomic mass is 32.2. The Bertz CT molecular complexity index is 1400. The van der Waals surface area contributed by atoms with Gasteiger partial charge in [-0.05, 0) is 11.6 Å². The van der Waals surface area contributed by atoms with Crippen LogP contribution in [0.2, 0.25) is 0 Å². The van der Waals surface area contributed by atoms with Gasteiger partial charge in [0.2, 0.25) is 0 Å². The molecule has 1 saturated heterocycles. The van der Waals surface area contributed by atoms with E-state index < -0.39 is 41.5 Å². The van der Waals surface area contributed by atoms with Crippen LogP contribution in [0, 0.1) is 0 Å². The van der Waals surface area contributed by atoms with E-state index in [0.717, 1.165) is 11.3 Å². The number of nitrogen functional groups attached to an aromatic ring is 1. The van der Waals surface area contributed by atoms with Gasteiger partial charge in [-0.25, -0.2) is 14.6 Å². The molecule has 190 valence electrons. The van der Waals surface area contributed by atoms with Gasteiger partial charge < -0.3 is 25.4 Å². The Hall–Kier alpha value is -4.17. The number of oxime groups is 1. The number of benzene rings is 1. The number of anilines is 1. The number of hydrogen-bond acceptors (Lipinski definition) is 12. The van der Waals surface area contributed by atoms with Gasteiger partial charge in [-0.1, -0.05) is 36.0 Å². The minimum absolute atomic E-state index is 0.0206. The summed E-state index contributed by atoms with van der Waals surface area (Å²) in [6.45, 7) is 3.73. The van der Waals surface area contributed by atoms with E-state index in [1.54, 1.807) is 24.3 Å². The average molecular weight is 542 g/mol. The van der Waals surface area contributed by atoms with Crippen molar-refractivity contribution in [3.05, 3.63) is 70.4 Å². The average Bonchev–Trinajstić information content (AvgIpc) is 3.47. The number of hydrogen-bond donors (Lipinski definition) is 2. The topological polar surface area (TPSA) is 163 Å². The Balaban J connectivity index is 1.34. The molecule has 0 saturated carbocycles. The molecule has 1 fully saturated rings. The highest BCUT2D eigenvalue weighted by Crippen LogP contribution is 2.42. The molecule has 0 spiro atoms. The number of β-lactam (4-membered cyclic amide) rings is 1. The van der Waals surface area contributed by atoms with Gasteiger partial charge in [-0.2, -0.15) is 0 Å². The first-order valence-corrected chi connectivity index (χ1v) is 12.7. The van der Waals surface area contributed by atoms with Crippen LogP contribution in [0.5, 0.6) is 0 Å². The molecule has 12 nitrogen and oxygen atoms in total. The fourth-order valence-corrected chi connectivity index (χ4v) is 5.93. The lowest BCUT2D eigenvalue weighted by atomic mass is 10.0. The number of nitrogens with one attached hydrogen (secondary N) is 1. The molecular weight excluding hydrogens is 522 g/mol. The first-order chi connectivity index (χ1) is 17.8. The van der Waals surface area contributed by atoms with Crippen LogP contribution < -0.4 is 11.1 Å². The Kier molecular flexibility index (Phi) is 6.43. The molecule has 3 aliphatic rings. The summed E-state index contributed by atoms with van der Waals surface area (Å²) < 4.78 is 10.7. The van der Waals surface area contributed by atoms with E-state index in [2.05, 4.69) is 22.0 Å². The van der Waals surface area contributed by atoms with E-state index in [9.17, 15) is 19.2 Å². The quantitative estimate of drug-likeness (QED) is 0.226. The lowest BCUT2D eigenvalue weighted by Crippen LogP contribution is -2.71. The summed E-state index contributed by atoms with van der Waals surface area (Å²) in [6.07, 6.45) is 0.219. The Labute approximate surface area is 218 Å². The number of allylic oxidation sites excluding steroid dienone is 1. The van der Waals surface area contributed by atoms with E-state index in [-0.39, 0.29) is 22.2 Å². The normalized spacial score (nSPS) is 22.5. The van der Waals surface area contributed by atoms with E-state index in [4.69, 9.17) is 20.0 Å². The molecule has 2 unspecified atom stereocenters. The largest absolute Gasteiger partial charge is 0.417 e. The number of ether oxygens (including phenoxy) is 2. The van der Waals surface area contributed by atoms with Crippen molar-refractivity contribution in [3.63, 3.8) is 0 Å². The number of cyclic esters (lactones) is 1. The molecule has 5 rings (SSSR count). The molecule has 0 bridgehead atoms. The third-order valence-electron chi connectivity index (χ3n) is 5.75. The van der Waals surface area contributed by atoms with Crippen LogP contribution in [0.1, 0.15) is 27.9 Å². The third kappa shape index (κ3) is 4.23. The van der Waals surface area contributed by atoms with Gasteiger partial charge in [0.1, 0.15) is 29.9 Å². The number of carbonyl (C=O) groups is 4. The van der Waals surface area contributed by atoms with Gasteiger partial charge >= 0.3 is 11.9 Å². The number of thiazole rings is 1. The van der Waals surface area contributed by atoms with Crippen molar-refractivity contribution in [2.24, 2.45) is 5.16 Å². The second-order valence-corrected chi connectivity index (χ2v) is 9.86. The van der Waals surface area contributed by atoms with Crippen LogP contribution in [0.25, 0.3) is 0 Å². The molecule has 1 aromatic heterocycles. The van der Waals surface area contributed by atoms with Crippen molar-refractivity contribution >= 4 is 57.7 Å². The van der Waals surface area contributed by atoms with Crippen molar-refractivity contribution in [2.45, 2.75) is 17.7 Å². The molecule has 2 amide bonds. The first kappa shape index (κ1) is 24.5. The van der Waals surface area contributed by atoms with Crippen LogP contribution in [0.3, 0.4) is 0 Å². The van der Waals surface area contributed by atoms with Gasteiger partial charge in [0.05, 0.1) is 5.56 Å². The van der Waals surface area contributed by atoms with Crippen molar-refractivity contribution in [1.82, 2.24) is 15.2 Å². The van der Waals surface area contributed by atoms with Crippen molar-refractivity contribution < 1.29 is 33.5 Å². The summed E-state index contributed by atoms with van der Waals surface area (Å²) in [5.41, 5.74) is 6.87. The van der Waals surface area contributed by atoms with Gasteiger partial charge in [-0.3, -0.25) is 14.5 Å². The summed E-state index contributed by atoms with van der Waals surface area (Å²) in [4.78, 5) is 61.5. The maximum Gasteiger partial charge on any atom is 0.358 e. The maximum absolute atomic E-state index is 13.2.